The van der Waals surface area contributed by atoms with Crippen LogP contribution in [-0.2, 0) is 9.53 Å². The van der Waals surface area contributed by atoms with E-state index in [0.29, 0.717) is 15.7 Å². The SMILES string of the molecule is C[C@@H](OC(=O)c1ccc(Cl)c(N)c1)C(=O)Nc1ccccc1Cl. The Morgan fingerprint density at radius 1 is 1.13 bits per heavy atom. The fourth-order valence-corrected chi connectivity index (χ4v) is 2.05. The first kappa shape index (κ1) is 17.1. The molecule has 2 rings (SSSR count). The van der Waals surface area contributed by atoms with Gasteiger partial charge in [0.1, 0.15) is 0 Å². The van der Waals surface area contributed by atoms with Gasteiger partial charge in [0.25, 0.3) is 5.91 Å². The molecule has 1 atom stereocenters. The van der Waals surface area contributed by atoms with E-state index >= 15 is 0 Å². The summed E-state index contributed by atoms with van der Waals surface area (Å²) in [6.45, 7) is 1.46. The topological polar surface area (TPSA) is 81.4 Å². The molecule has 23 heavy (non-hydrogen) atoms. The number of carbonyl (C=O) groups is 2. The van der Waals surface area contributed by atoms with Crippen molar-refractivity contribution in [3.05, 3.63) is 58.1 Å². The van der Waals surface area contributed by atoms with E-state index in [4.69, 9.17) is 33.7 Å². The van der Waals surface area contributed by atoms with Gasteiger partial charge in [0.05, 0.1) is 27.0 Å². The molecule has 7 heteroatoms. The number of nitrogens with one attached hydrogen (secondary N) is 1. The van der Waals surface area contributed by atoms with Crippen molar-refractivity contribution < 1.29 is 14.3 Å². The quantitative estimate of drug-likeness (QED) is 0.648. The zero-order chi connectivity index (χ0) is 17.0. The summed E-state index contributed by atoms with van der Waals surface area (Å²) in [5.74, 6) is -1.16. The van der Waals surface area contributed by atoms with Gasteiger partial charge in [-0.2, -0.15) is 0 Å². The number of halogens is 2. The number of carbonyl (C=O) groups excluding carboxylic acids is 2. The average molecular weight is 353 g/mol. The number of nitrogen functional groups attached to an aromatic ring is 1. The lowest BCUT2D eigenvalue weighted by molar-refractivity contribution is -0.123. The van der Waals surface area contributed by atoms with Crippen LogP contribution in [0.4, 0.5) is 11.4 Å². The zero-order valence-corrected chi connectivity index (χ0v) is 13.7. The highest BCUT2D eigenvalue weighted by atomic mass is 35.5. The third-order valence-corrected chi connectivity index (χ3v) is 3.69. The molecule has 2 aromatic carbocycles. The van der Waals surface area contributed by atoms with Gasteiger partial charge < -0.3 is 15.8 Å². The van der Waals surface area contributed by atoms with Crippen LogP contribution in [0.2, 0.25) is 10.0 Å². The molecule has 1 amide bonds. The Labute approximate surface area is 143 Å². The van der Waals surface area contributed by atoms with Gasteiger partial charge in [0.15, 0.2) is 6.10 Å². The fraction of sp³-hybridized carbons (Fsp3) is 0.125. The molecule has 0 spiro atoms. The molecule has 2 aromatic rings. The number of amides is 1. The molecule has 0 aliphatic rings. The van der Waals surface area contributed by atoms with Crippen LogP contribution in [0.1, 0.15) is 17.3 Å². The van der Waals surface area contributed by atoms with Gasteiger partial charge in [0.2, 0.25) is 0 Å². The minimum Gasteiger partial charge on any atom is -0.449 e. The molecule has 0 unspecified atom stereocenters. The maximum Gasteiger partial charge on any atom is 0.338 e. The third-order valence-electron chi connectivity index (χ3n) is 3.02. The largest absolute Gasteiger partial charge is 0.449 e. The second kappa shape index (κ2) is 7.35. The summed E-state index contributed by atoms with van der Waals surface area (Å²) in [5, 5.41) is 3.33. The Morgan fingerprint density at radius 3 is 2.48 bits per heavy atom. The Balaban J connectivity index is 2.01. The van der Waals surface area contributed by atoms with E-state index in [-0.39, 0.29) is 11.3 Å². The van der Waals surface area contributed by atoms with Gasteiger partial charge in [-0.1, -0.05) is 35.3 Å². The Bertz CT molecular complexity index is 750. The number of nitrogens with two attached hydrogens (primary N) is 1. The van der Waals surface area contributed by atoms with E-state index in [9.17, 15) is 9.59 Å². The van der Waals surface area contributed by atoms with Gasteiger partial charge >= 0.3 is 5.97 Å². The number of ether oxygens (including phenoxy) is 1. The number of para-hydroxylation sites is 1. The summed E-state index contributed by atoms with van der Waals surface area (Å²) < 4.78 is 5.11. The molecule has 0 heterocycles. The normalized spacial score (nSPS) is 11.6. The number of hydrogen-bond acceptors (Lipinski definition) is 4. The molecule has 120 valence electrons. The molecule has 0 saturated carbocycles. The smallest absolute Gasteiger partial charge is 0.338 e. The molecular weight excluding hydrogens is 339 g/mol. The van der Waals surface area contributed by atoms with Crippen LogP contribution in [0.3, 0.4) is 0 Å². The highest BCUT2D eigenvalue weighted by molar-refractivity contribution is 6.34. The van der Waals surface area contributed by atoms with E-state index in [1.54, 1.807) is 24.3 Å². The van der Waals surface area contributed by atoms with E-state index in [2.05, 4.69) is 5.32 Å². The monoisotopic (exact) mass is 352 g/mol. The van der Waals surface area contributed by atoms with Gasteiger partial charge in [-0.25, -0.2) is 4.79 Å². The van der Waals surface area contributed by atoms with Crippen LogP contribution >= 0.6 is 23.2 Å². The van der Waals surface area contributed by atoms with Crippen LogP contribution in [0.15, 0.2) is 42.5 Å². The lowest BCUT2D eigenvalue weighted by atomic mass is 10.2. The summed E-state index contributed by atoms with van der Waals surface area (Å²) in [7, 11) is 0. The Morgan fingerprint density at radius 2 is 1.83 bits per heavy atom. The van der Waals surface area contributed by atoms with Crippen molar-refractivity contribution >= 4 is 46.5 Å². The van der Waals surface area contributed by atoms with Crippen molar-refractivity contribution in [2.45, 2.75) is 13.0 Å². The first-order chi connectivity index (χ1) is 10.9. The Hall–Kier alpha value is -2.24. The van der Waals surface area contributed by atoms with Crippen LogP contribution in [0, 0.1) is 0 Å². The van der Waals surface area contributed by atoms with E-state index in [1.165, 1.54) is 25.1 Å². The standard InChI is InChI=1S/C16H14Cl2N2O3/c1-9(15(21)20-14-5-3-2-4-12(14)18)23-16(22)10-6-7-11(17)13(19)8-10/h2-9H,19H2,1H3,(H,20,21)/t9-/m1/s1. The van der Waals surface area contributed by atoms with Crippen LogP contribution < -0.4 is 11.1 Å². The average Bonchev–Trinajstić information content (AvgIpc) is 2.52. The minimum absolute atomic E-state index is 0.212. The van der Waals surface area contributed by atoms with Gasteiger partial charge in [-0.15, -0.1) is 0 Å². The zero-order valence-electron chi connectivity index (χ0n) is 12.2. The van der Waals surface area contributed by atoms with Crippen molar-refractivity contribution in [3.8, 4) is 0 Å². The molecule has 0 bridgehead atoms. The molecule has 0 aliphatic heterocycles. The lowest BCUT2D eigenvalue weighted by Gasteiger charge is -2.14. The second-order valence-electron chi connectivity index (χ2n) is 4.75. The van der Waals surface area contributed by atoms with Crippen molar-refractivity contribution in [3.63, 3.8) is 0 Å². The maximum absolute atomic E-state index is 12.1. The van der Waals surface area contributed by atoms with Gasteiger partial charge in [-0.3, -0.25) is 4.79 Å². The summed E-state index contributed by atoms with van der Waals surface area (Å²) in [6, 6.07) is 11.1. The molecule has 0 saturated heterocycles. The van der Waals surface area contributed by atoms with Gasteiger partial charge in [-0.05, 0) is 37.3 Å². The minimum atomic E-state index is -1.00. The molecule has 0 radical (unpaired) electrons. The summed E-state index contributed by atoms with van der Waals surface area (Å²) in [4.78, 5) is 24.1. The molecule has 0 aromatic heterocycles. The highest BCUT2D eigenvalue weighted by Gasteiger charge is 2.20. The van der Waals surface area contributed by atoms with Gasteiger partial charge in [0, 0.05) is 0 Å². The summed E-state index contributed by atoms with van der Waals surface area (Å²) in [5.41, 5.74) is 6.55. The first-order valence-corrected chi connectivity index (χ1v) is 7.45. The van der Waals surface area contributed by atoms with Crippen molar-refractivity contribution in [1.29, 1.82) is 0 Å². The second-order valence-corrected chi connectivity index (χ2v) is 5.57. The fourth-order valence-electron chi connectivity index (χ4n) is 1.75. The predicted octanol–water partition coefficient (Wildman–Crippen LogP) is 3.76. The molecule has 3 N–H and O–H groups in total. The molecule has 0 aliphatic carbocycles. The lowest BCUT2D eigenvalue weighted by Crippen LogP contribution is -2.30. The number of rotatable bonds is 4. The first-order valence-electron chi connectivity index (χ1n) is 6.70. The third kappa shape index (κ3) is 4.37. The van der Waals surface area contributed by atoms with Crippen molar-refractivity contribution in [2.75, 3.05) is 11.1 Å². The summed E-state index contributed by atoms with van der Waals surface area (Å²) in [6.07, 6.45) is -1.00. The van der Waals surface area contributed by atoms with Crippen LogP contribution in [0.5, 0.6) is 0 Å². The van der Waals surface area contributed by atoms with Crippen molar-refractivity contribution in [1.82, 2.24) is 0 Å². The number of benzene rings is 2. The molecular formula is C16H14Cl2N2O3. The van der Waals surface area contributed by atoms with Crippen LogP contribution in [0.25, 0.3) is 0 Å². The number of anilines is 2. The maximum atomic E-state index is 12.1. The highest BCUT2D eigenvalue weighted by Crippen LogP contribution is 2.22. The Kier molecular flexibility index (Phi) is 5.47. The van der Waals surface area contributed by atoms with Crippen molar-refractivity contribution in [2.24, 2.45) is 0 Å². The predicted molar refractivity (Wildman–Crippen MR) is 90.8 cm³/mol. The number of hydrogen-bond donors (Lipinski definition) is 2. The van der Waals surface area contributed by atoms with E-state index in [0.717, 1.165) is 0 Å². The summed E-state index contributed by atoms with van der Waals surface area (Å²) >= 11 is 11.8. The number of esters is 1. The van der Waals surface area contributed by atoms with Crippen LogP contribution in [-0.4, -0.2) is 18.0 Å². The molecule has 0 fully saturated rings. The van der Waals surface area contributed by atoms with E-state index in [1.807, 2.05) is 0 Å². The molecule has 5 nitrogen and oxygen atoms in total. The van der Waals surface area contributed by atoms with E-state index < -0.39 is 18.0 Å².